The zero-order valence-corrected chi connectivity index (χ0v) is 15.2. The first-order valence-corrected chi connectivity index (χ1v) is 8.40. The lowest BCUT2D eigenvalue weighted by Crippen LogP contribution is -2.15. The van der Waals surface area contributed by atoms with Crippen LogP contribution in [0.4, 0.5) is 17.5 Å². The quantitative estimate of drug-likeness (QED) is 0.700. The molecule has 0 unspecified atom stereocenters. The van der Waals surface area contributed by atoms with Crippen molar-refractivity contribution in [3.05, 3.63) is 46.7 Å². The molecule has 0 amide bonds. The van der Waals surface area contributed by atoms with Crippen LogP contribution in [0, 0.1) is 0 Å². The van der Waals surface area contributed by atoms with Crippen LogP contribution < -0.4 is 11.1 Å². The number of fused-ring (bicyclic) bond motifs is 1. The summed E-state index contributed by atoms with van der Waals surface area (Å²) < 4.78 is 0.993. The zero-order valence-electron chi connectivity index (χ0n) is 13.6. The summed E-state index contributed by atoms with van der Waals surface area (Å²) in [5.41, 5.74) is 8.50. The molecule has 3 N–H and O–H groups in total. The maximum atomic E-state index is 5.84. The molecule has 24 heavy (non-hydrogen) atoms. The van der Waals surface area contributed by atoms with E-state index in [9.17, 15) is 0 Å². The van der Waals surface area contributed by atoms with E-state index in [4.69, 9.17) is 5.73 Å². The molecule has 3 rings (SSSR count). The molecule has 3 aromatic rings. The highest BCUT2D eigenvalue weighted by Crippen LogP contribution is 2.26. The Kier molecular flexibility index (Phi) is 4.92. The van der Waals surface area contributed by atoms with E-state index in [1.165, 1.54) is 0 Å². The Labute approximate surface area is 149 Å². The molecule has 0 aliphatic carbocycles. The van der Waals surface area contributed by atoms with Crippen LogP contribution in [0.2, 0.25) is 0 Å². The molecule has 0 radical (unpaired) electrons. The van der Waals surface area contributed by atoms with Crippen molar-refractivity contribution < 1.29 is 0 Å². The summed E-state index contributed by atoms with van der Waals surface area (Å²) in [7, 11) is 4.09. The summed E-state index contributed by atoms with van der Waals surface area (Å²) in [5.74, 6) is 0.909. The van der Waals surface area contributed by atoms with Crippen molar-refractivity contribution >= 4 is 44.3 Å². The van der Waals surface area contributed by atoms with Crippen LogP contribution >= 0.6 is 15.9 Å². The van der Waals surface area contributed by atoms with Crippen molar-refractivity contribution in [2.45, 2.75) is 6.42 Å². The van der Waals surface area contributed by atoms with Gasteiger partial charge in [-0.1, -0.05) is 22.0 Å². The molecule has 0 spiro atoms. The summed E-state index contributed by atoms with van der Waals surface area (Å²) in [6.45, 7) is 0.933. The number of halogens is 1. The molecule has 1 aromatic carbocycles. The number of aromatic nitrogens is 3. The van der Waals surface area contributed by atoms with Crippen LogP contribution in [0.1, 0.15) is 5.69 Å². The van der Waals surface area contributed by atoms with Gasteiger partial charge in [0.1, 0.15) is 5.82 Å². The second kappa shape index (κ2) is 7.11. The van der Waals surface area contributed by atoms with Gasteiger partial charge in [-0.2, -0.15) is 4.98 Å². The number of nitrogens with one attached hydrogen (secondary N) is 1. The summed E-state index contributed by atoms with van der Waals surface area (Å²) in [4.78, 5) is 15.2. The minimum absolute atomic E-state index is 0.225. The number of nitrogens with two attached hydrogens (primary N) is 1. The molecule has 0 aliphatic heterocycles. The van der Waals surface area contributed by atoms with Crippen LogP contribution in [0.15, 0.2) is 41.0 Å². The van der Waals surface area contributed by atoms with Gasteiger partial charge in [0, 0.05) is 34.2 Å². The fraction of sp³-hybridized carbons (Fsp3) is 0.235. The summed E-state index contributed by atoms with van der Waals surface area (Å²) in [6, 6.07) is 9.92. The molecular formula is C17H19BrN6. The van der Waals surface area contributed by atoms with Crippen LogP contribution in [-0.2, 0) is 6.42 Å². The van der Waals surface area contributed by atoms with E-state index in [1.807, 2.05) is 44.4 Å². The highest BCUT2D eigenvalue weighted by molar-refractivity contribution is 9.10. The number of benzene rings is 1. The summed E-state index contributed by atoms with van der Waals surface area (Å²) in [5, 5.41) is 4.23. The SMILES string of the molecule is CN(C)CCc1cc2c(Nc3cccc(Br)c3)nc(N)nc2cn1. The van der Waals surface area contributed by atoms with Gasteiger partial charge < -0.3 is 16.0 Å². The van der Waals surface area contributed by atoms with Crippen LogP contribution in [0.3, 0.4) is 0 Å². The van der Waals surface area contributed by atoms with E-state index in [2.05, 4.69) is 41.1 Å². The lowest BCUT2D eigenvalue weighted by molar-refractivity contribution is 0.412. The minimum atomic E-state index is 0.225. The van der Waals surface area contributed by atoms with Crippen LogP contribution in [0.25, 0.3) is 10.9 Å². The third-order valence-corrected chi connectivity index (χ3v) is 4.05. The van der Waals surface area contributed by atoms with Gasteiger partial charge in [0.15, 0.2) is 0 Å². The Morgan fingerprint density at radius 1 is 1.21 bits per heavy atom. The number of likely N-dealkylation sites (N-methyl/N-ethyl adjacent to an activating group) is 1. The third kappa shape index (κ3) is 3.98. The third-order valence-electron chi connectivity index (χ3n) is 3.56. The molecule has 0 aliphatic rings. The number of nitrogen functional groups attached to an aromatic ring is 1. The lowest BCUT2D eigenvalue weighted by atomic mass is 10.2. The van der Waals surface area contributed by atoms with Crippen molar-refractivity contribution in [1.82, 2.24) is 19.9 Å². The molecular weight excluding hydrogens is 368 g/mol. The molecule has 7 heteroatoms. The van der Waals surface area contributed by atoms with Crippen molar-refractivity contribution in [1.29, 1.82) is 0 Å². The van der Waals surface area contributed by atoms with E-state index in [-0.39, 0.29) is 5.95 Å². The number of anilines is 3. The van der Waals surface area contributed by atoms with Gasteiger partial charge in [0.25, 0.3) is 0 Å². The second-order valence-corrected chi connectivity index (χ2v) is 6.73. The van der Waals surface area contributed by atoms with Gasteiger partial charge >= 0.3 is 0 Å². The van der Waals surface area contributed by atoms with Gasteiger partial charge in [0.05, 0.1) is 11.7 Å². The first-order valence-electron chi connectivity index (χ1n) is 7.61. The maximum Gasteiger partial charge on any atom is 0.222 e. The molecule has 6 nitrogen and oxygen atoms in total. The van der Waals surface area contributed by atoms with E-state index < -0.39 is 0 Å². The molecule has 2 aromatic heterocycles. The topological polar surface area (TPSA) is 80.0 Å². The van der Waals surface area contributed by atoms with Gasteiger partial charge in [-0.3, -0.25) is 4.98 Å². The Morgan fingerprint density at radius 2 is 2.04 bits per heavy atom. The fourth-order valence-electron chi connectivity index (χ4n) is 2.37. The van der Waals surface area contributed by atoms with E-state index in [1.54, 1.807) is 6.20 Å². The molecule has 0 bridgehead atoms. The highest BCUT2D eigenvalue weighted by Gasteiger charge is 2.09. The highest BCUT2D eigenvalue weighted by atomic mass is 79.9. The van der Waals surface area contributed by atoms with Crippen LogP contribution in [-0.4, -0.2) is 40.5 Å². The number of hydrogen-bond donors (Lipinski definition) is 2. The Morgan fingerprint density at radius 3 is 2.79 bits per heavy atom. The van der Waals surface area contributed by atoms with E-state index in [0.29, 0.717) is 5.82 Å². The molecule has 0 saturated heterocycles. The van der Waals surface area contributed by atoms with Gasteiger partial charge in [0.2, 0.25) is 5.95 Å². The lowest BCUT2D eigenvalue weighted by Gasteiger charge is -2.12. The Balaban J connectivity index is 1.99. The van der Waals surface area contributed by atoms with Crippen molar-refractivity contribution in [2.24, 2.45) is 0 Å². The maximum absolute atomic E-state index is 5.84. The molecule has 0 atom stereocenters. The molecule has 124 valence electrons. The Bertz CT molecular complexity index is 865. The smallest absolute Gasteiger partial charge is 0.222 e. The normalized spacial score (nSPS) is 11.2. The predicted molar refractivity (Wildman–Crippen MR) is 101 cm³/mol. The first kappa shape index (κ1) is 16.6. The van der Waals surface area contributed by atoms with Gasteiger partial charge in [-0.15, -0.1) is 0 Å². The predicted octanol–water partition coefficient (Wildman–Crippen LogP) is 3.22. The van der Waals surface area contributed by atoms with Gasteiger partial charge in [-0.25, -0.2) is 4.98 Å². The van der Waals surface area contributed by atoms with Crippen LogP contribution in [0.5, 0.6) is 0 Å². The number of nitrogens with zero attached hydrogens (tertiary/aromatic N) is 4. The average molecular weight is 387 g/mol. The largest absolute Gasteiger partial charge is 0.368 e. The number of rotatable bonds is 5. The van der Waals surface area contributed by atoms with Gasteiger partial charge in [-0.05, 0) is 38.4 Å². The monoisotopic (exact) mass is 386 g/mol. The fourth-order valence-corrected chi connectivity index (χ4v) is 2.77. The average Bonchev–Trinajstić information content (AvgIpc) is 2.53. The summed E-state index contributed by atoms with van der Waals surface area (Å²) in [6.07, 6.45) is 2.62. The Hall–Kier alpha value is -2.25. The second-order valence-electron chi connectivity index (χ2n) is 5.81. The van der Waals surface area contributed by atoms with Crippen molar-refractivity contribution in [2.75, 3.05) is 31.7 Å². The molecule has 2 heterocycles. The number of hydrogen-bond acceptors (Lipinski definition) is 6. The van der Waals surface area contributed by atoms with Crippen molar-refractivity contribution in [3.63, 3.8) is 0 Å². The minimum Gasteiger partial charge on any atom is -0.368 e. The first-order chi connectivity index (χ1) is 11.5. The van der Waals surface area contributed by atoms with E-state index in [0.717, 1.165) is 39.7 Å². The van der Waals surface area contributed by atoms with E-state index >= 15 is 0 Å². The molecule has 0 fully saturated rings. The summed E-state index contributed by atoms with van der Waals surface area (Å²) >= 11 is 3.47. The number of pyridine rings is 1. The standard InChI is InChI=1S/C17H19BrN6/c1-24(2)7-6-12-9-14-15(10-20-12)22-17(19)23-16(14)21-13-5-3-4-11(18)8-13/h3-5,8-10H,6-7H2,1-2H3,(H3,19,21,22,23). The zero-order chi connectivity index (χ0) is 17.1. The molecule has 0 saturated carbocycles. The van der Waals surface area contributed by atoms with Crippen molar-refractivity contribution in [3.8, 4) is 0 Å².